The average Bonchev–Trinajstić information content (AvgIpc) is 2.87. The molecule has 0 aromatic carbocycles. The molecule has 0 N–H and O–H groups in total. The molecular formula is C17H14N4. The van der Waals surface area contributed by atoms with E-state index in [1.165, 1.54) is 0 Å². The average molecular weight is 274 g/mol. The van der Waals surface area contributed by atoms with Crippen molar-refractivity contribution in [2.24, 2.45) is 0 Å². The largest absolute Gasteiger partial charge is 0.328 e. The maximum Gasteiger partial charge on any atom is 0.131 e. The van der Waals surface area contributed by atoms with Crippen molar-refractivity contribution in [2.45, 2.75) is 13.5 Å². The number of hydrogen-bond acceptors (Lipinski definition) is 3. The van der Waals surface area contributed by atoms with Gasteiger partial charge in [0.1, 0.15) is 11.5 Å². The minimum Gasteiger partial charge on any atom is -0.328 e. The summed E-state index contributed by atoms with van der Waals surface area (Å²) in [5.74, 6) is 7.05. The molecular weight excluding hydrogens is 260 g/mol. The highest BCUT2D eigenvalue weighted by Crippen LogP contribution is 2.05. The van der Waals surface area contributed by atoms with E-state index in [1.807, 2.05) is 43.5 Å². The van der Waals surface area contributed by atoms with E-state index in [-0.39, 0.29) is 0 Å². The van der Waals surface area contributed by atoms with Gasteiger partial charge in [-0.25, -0.2) is 4.98 Å². The molecule has 0 aliphatic heterocycles. The number of aryl methyl sites for hydroxylation is 1. The smallest absolute Gasteiger partial charge is 0.131 e. The summed E-state index contributed by atoms with van der Waals surface area (Å²) in [5, 5.41) is 0. The second kappa shape index (κ2) is 6.02. The highest BCUT2D eigenvalue weighted by Gasteiger charge is 2.03. The van der Waals surface area contributed by atoms with Crippen LogP contribution in [-0.2, 0) is 6.54 Å². The van der Waals surface area contributed by atoms with E-state index in [0.29, 0.717) is 6.54 Å². The van der Waals surface area contributed by atoms with Crippen LogP contribution < -0.4 is 0 Å². The predicted octanol–water partition coefficient (Wildman–Crippen LogP) is 2.43. The second-order valence-corrected chi connectivity index (χ2v) is 4.61. The van der Waals surface area contributed by atoms with Gasteiger partial charge in [-0.2, -0.15) is 0 Å². The predicted molar refractivity (Wildman–Crippen MR) is 80.5 cm³/mol. The molecule has 3 rings (SSSR count). The van der Waals surface area contributed by atoms with Crippen LogP contribution in [0.3, 0.4) is 0 Å². The number of hydrogen-bond donors (Lipinski definition) is 0. The summed E-state index contributed by atoms with van der Waals surface area (Å²) in [6, 6.07) is 9.69. The Hall–Kier alpha value is -2.93. The van der Waals surface area contributed by atoms with Crippen molar-refractivity contribution < 1.29 is 0 Å². The molecule has 0 saturated heterocycles. The van der Waals surface area contributed by atoms with Crippen LogP contribution in [0.5, 0.6) is 0 Å². The molecule has 0 aliphatic carbocycles. The Balaban J connectivity index is 1.80. The summed E-state index contributed by atoms with van der Waals surface area (Å²) in [6.07, 6.45) is 7.22. The molecule has 0 aliphatic rings. The fourth-order valence-electron chi connectivity index (χ4n) is 1.97. The first-order valence-electron chi connectivity index (χ1n) is 6.67. The molecule has 0 fully saturated rings. The minimum atomic E-state index is 0.703. The summed E-state index contributed by atoms with van der Waals surface area (Å²) in [4.78, 5) is 12.8. The Labute approximate surface area is 123 Å². The van der Waals surface area contributed by atoms with Crippen molar-refractivity contribution in [2.75, 3.05) is 0 Å². The fraction of sp³-hybridized carbons (Fsp3) is 0.118. The van der Waals surface area contributed by atoms with E-state index in [0.717, 1.165) is 22.8 Å². The Morgan fingerprint density at radius 3 is 2.81 bits per heavy atom. The monoisotopic (exact) mass is 274 g/mol. The number of aromatic nitrogens is 4. The lowest BCUT2D eigenvalue weighted by Gasteiger charge is -2.02. The van der Waals surface area contributed by atoms with E-state index in [1.54, 1.807) is 18.6 Å². The highest BCUT2D eigenvalue weighted by molar-refractivity contribution is 5.38. The molecule has 4 nitrogen and oxygen atoms in total. The van der Waals surface area contributed by atoms with E-state index < -0.39 is 0 Å². The number of imidazole rings is 1. The van der Waals surface area contributed by atoms with Gasteiger partial charge in [-0.15, -0.1) is 0 Å². The maximum absolute atomic E-state index is 4.46. The van der Waals surface area contributed by atoms with Gasteiger partial charge in [0.15, 0.2) is 0 Å². The second-order valence-electron chi connectivity index (χ2n) is 4.61. The van der Waals surface area contributed by atoms with Crippen LogP contribution in [-0.4, -0.2) is 19.5 Å². The molecule has 102 valence electrons. The summed E-state index contributed by atoms with van der Waals surface area (Å²) in [6.45, 7) is 2.67. The molecule has 3 aromatic heterocycles. The topological polar surface area (TPSA) is 43.6 Å². The fourth-order valence-corrected chi connectivity index (χ4v) is 1.97. The summed E-state index contributed by atoms with van der Waals surface area (Å²) in [5.41, 5.74) is 2.64. The van der Waals surface area contributed by atoms with Crippen molar-refractivity contribution in [1.82, 2.24) is 19.5 Å². The standard InChI is InChI=1S/C17H14N4/c1-14-20-17(8-7-15-5-4-9-18-11-15)13-21(14)12-16-6-2-3-10-19-16/h2-6,9-11,13H,12H2,1H3. The SMILES string of the molecule is Cc1nc(C#Cc2cccnc2)cn1Cc1ccccn1. The zero-order chi connectivity index (χ0) is 14.5. The molecule has 0 saturated carbocycles. The number of rotatable bonds is 2. The lowest BCUT2D eigenvalue weighted by atomic mass is 10.3. The molecule has 4 heteroatoms. The first-order valence-corrected chi connectivity index (χ1v) is 6.67. The third-order valence-corrected chi connectivity index (χ3v) is 3.03. The van der Waals surface area contributed by atoms with Crippen molar-refractivity contribution in [3.63, 3.8) is 0 Å². The molecule has 0 spiro atoms. The van der Waals surface area contributed by atoms with Gasteiger partial charge in [-0.1, -0.05) is 12.0 Å². The lowest BCUT2D eigenvalue weighted by Crippen LogP contribution is -2.01. The summed E-state index contributed by atoms with van der Waals surface area (Å²) >= 11 is 0. The van der Waals surface area contributed by atoms with Crippen molar-refractivity contribution in [3.8, 4) is 11.8 Å². The molecule has 0 amide bonds. The zero-order valence-corrected chi connectivity index (χ0v) is 11.7. The first-order chi connectivity index (χ1) is 10.3. The molecule has 0 bridgehead atoms. The van der Waals surface area contributed by atoms with Crippen molar-refractivity contribution >= 4 is 0 Å². The third-order valence-electron chi connectivity index (χ3n) is 3.03. The Morgan fingerprint density at radius 1 is 1.10 bits per heavy atom. The van der Waals surface area contributed by atoms with Gasteiger partial charge < -0.3 is 4.57 Å². The quantitative estimate of drug-likeness (QED) is 0.674. The van der Waals surface area contributed by atoms with Crippen LogP contribution in [0.15, 0.2) is 55.1 Å². The lowest BCUT2D eigenvalue weighted by molar-refractivity contribution is 0.742. The highest BCUT2D eigenvalue weighted by atomic mass is 15.1. The Bertz CT molecular complexity index is 780. The third kappa shape index (κ3) is 3.34. The van der Waals surface area contributed by atoms with Crippen molar-refractivity contribution in [3.05, 3.63) is 77.9 Å². The Morgan fingerprint density at radius 2 is 2.05 bits per heavy atom. The molecule has 0 radical (unpaired) electrons. The first kappa shape index (κ1) is 13.1. The van der Waals surface area contributed by atoms with Gasteiger partial charge in [-0.05, 0) is 37.1 Å². The number of nitrogens with zero attached hydrogens (tertiary/aromatic N) is 4. The van der Waals surface area contributed by atoms with Gasteiger partial charge in [0.05, 0.1) is 12.2 Å². The van der Waals surface area contributed by atoms with Gasteiger partial charge in [0.2, 0.25) is 0 Å². The van der Waals surface area contributed by atoms with E-state index in [4.69, 9.17) is 0 Å². The normalized spacial score (nSPS) is 9.95. The molecule has 3 heterocycles. The summed E-state index contributed by atoms with van der Waals surface area (Å²) < 4.78 is 2.05. The van der Waals surface area contributed by atoms with E-state index >= 15 is 0 Å². The van der Waals surface area contributed by atoms with Crippen LogP contribution in [0.4, 0.5) is 0 Å². The van der Waals surface area contributed by atoms with E-state index in [9.17, 15) is 0 Å². The van der Waals surface area contributed by atoms with Crippen LogP contribution in [0.25, 0.3) is 0 Å². The van der Waals surface area contributed by atoms with Gasteiger partial charge in [0.25, 0.3) is 0 Å². The summed E-state index contributed by atoms with van der Waals surface area (Å²) in [7, 11) is 0. The van der Waals surface area contributed by atoms with Crippen molar-refractivity contribution in [1.29, 1.82) is 0 Å². The molecule has 0 atom stereocenters. The van der Waals surface area contributed by atoms with Crippen LogP contribution in [0.1, 0.15) is 22.8 Å². The van der Waals surface area contributed by atoms with Crippen LogP contribution >= 0.6 is 0 Å². The Kier molecular flexibility index (Phi) is 3.74. The minimum absolute atomic E-state index is 0.703. The van der Waals surface area contributed by atoms with Crippen LogP contribution in [0, 0.1) is 18.8 Å². The van der Waals surface area contributed by atoms with Gasteiger partial charge in [-0.3, -0.25) is 9.97 Å². The van der Waals surface area contributed by atoms with Gasteiger partial charge >= 0.3 is 0 Å². The van der Waals surface area contributed by atoms with E-state index in [2.05, 4.69) is 31.4 Å². The molecule has 21 heavy (non-hydrogen) atoms. The zero-order valence-electron chi connectivity index (χ0n) is 11.7. The molecule has 0 unspecified atom stereocenters. The van der Waals surface area contributed by atoms with Gasteiger partial charge in [0, 0.05) is 30.4 Å². The van der Waals surface area contributed by atoms with Crippen LogP contribution in [0.2, 0.25) is 0 Å². The maximum atomic E-state index is 4.46. The number of pyridine rings is 2. The molecule has 3 aromatic rings.